The molecule has 1 saturated heterocycles. The molecule has 1 aliphatic heterocycles. The Labute approximate surface area is 152 Å². The summed E-state index contributed by atoms with van der Waals surface area (Å²) in [7, 11) is 0. The van der Waals surface area contributed by atoms with E-state index in [-0.39, 0.29) is 11.8 Å². The van der Waals surface area contributed by atoms with Crippen LogP contribution in [0.5, 0.6) is 0 Å². The van der Waals surface area contributed by atoms with Crippen LogP contribution in [0.2, 0.25) is 5.02 Å². The van der Waals surface area contributed by atoms with Gasteiger partial charge >= 0.3 is 0 Å². The van der Waals surface area contributed by atoms with Gasteiger partial charge in [0, 0.05) is 37.6 Å². The zero-order valence-electron chi connectivity index (χ0n) is 14.0. The summed E-state index contributed by atoms with van der Waals surface area (Å²) in [4.78, 5) is 28.1. The molecule has 1 aromatic carbocycles. The predicted molar refractivity (Wildman–Crippen MR) is 95.6 cm³/mol. The summed E-state index contributed by atoms with van der Waals surface area (Å²) in [6, 6.07) is 11.1. The second-order valence-corrected chi connectivity index (χ2v) is 6.50. The van der Waals surface area contributed by atoms with E-state index in [9.17, 15) is 9.59 Å². The molecule has 0 unspecified atom stereocenters. The maximum absolute atomic E-state index is 12.3. The number of hydrogen-bond donors (Lipinski definition) is 0. The summed E-state index contributed by atoms with van der Waals surface area (Å²) in [6.07, 6.45) is 3.56. The molecule has 1 aliphatic rings. The van der Waals surface area contributed by atoms with Crippen molar-refractivity contribution >= 4 is 23.4 Å². The first-order valence-corrected chi connectivity index (χ1v) is 8.87. The zero-order valence-corrected chi connectivity index (χ0v) is 14.7. The summed E-state index contributed by atoms with van der Waals surface area (Å²) < 4.78 is 5.15. The van der Waals surface area contributed by atoms with E-state index in [1.807, 2.05) is 29.2 Å². The lowest BCUT2D eigenvalue weighted by molar-refractivity contribution is -0.132. The number of benzene rings is 1. The summed E-state index contributed by atoms with van der Waals surface area (Å²) in [5, 5.41) is 0.750. The largest absolute Gasteiger partial charge is 0.459 e. The SMILES string of the molecule is O=C(CCCc1ccccc1Cl)N1CCN(C(=O)c2ccco2)CC1. The monoisotopic (exact) mass is 360 g/mol. The van der Waals surface area contributed by atoms with Crippen molar-refractivity contribution in [2.24, 2.45) is 0 Å². The van der Waals surface area contributed by atoms with Gasteiger partial charge in [-0.2, -0.15) is 0 Å². The molecule has 2 amide bonds. The van der Waals surface area contributed by atoms with Gasteiger partial charge in [0.15, 0.2) is 5.76 Å². The molecule has 0 N–H and O–H groups in total. The first kappa shape index (κ1) is 17.5. The Morgan fingerprint density at radius 1 is 1.00 bits per heavy atom. The van der Waals surface area contributed by atoms with Gasteiger partial charge in [0.05, 0.1) is 6.26 Å². The quantitative estimate of drug-likeness (QED) is 0.822. The molecule has 0 aliphatic carbocycles. The van der Waals surface area contributed by atoms with Gasteiger partial charge in [-0.1, -0.05) is 29.8 Å². The van der Waals surface area contributed by atoms with Crippen molar-refractivity contribution in [3.8, 4) is 0 Å². The van der Waals surface area contributed by atoms with Crippen LogP contribution >= 0.6 is 11.6 Å². The van der Waals surface area contributed by atoms with Crippen LogP contribution in [0, 0.1) is 0 Å². The lowest BCUT2D eigenvalue weighted by Gasteiger charge is -2.34. The normalized spacial score (nSPS) is 14.6. The molecule has 2 aromatic rings. The molecule has 5 nitrogen and oxygen atoms in total. The van der Waals surface area contributed by atoms with Crippen molar-refractivity contribution in [3.63, 3.8) is 0 Å². The minimum Gasteiger partial charge on any atom is -0.459 e. The second kappa shape index (κ2) is 8.21. The maximum atomic E-state index is 12.3. The van der Waals surface area contributed by atoms with Crippen LogP contribution in [0.1, 0.15) is 29.0 Å². The van der Waals surface area contributed by atoms with Crippen molar-refractivity contribution in [1.82, 2.24) is 9.80 Å². The molecule has 132 valence electrons. The van der Waals surface area contributed by atoms with Crippen molar-refractivity contribution in [2.75, 3.05) is 26.2 Å². The third-order valence-electron chi connectivity index (χ3n) is 4.45. The number of nitrogens with zero attached hydrogens (tertiary/aromatic N) is 2. The third kappa shape index (κ3) is 4.42. The number of rotatable bonds is 5. The molecule has 1 fully saturated rings. The van der Waals surface area contributed by atoms with E-state index in [4.69, 9.17) is 16.0 Å². The second-order valence-electron chi connectivity index (χ2n) is 6.10. The highest BCUT2D eigenvalue weighted by Gasteiger charge is 2.25. The molecule has 25 heavy (non-hydrogen) atoms. The van der Waals surface area contributed by atoms with Gasteiger partial charge < -0.3 is 14.2 Å². The van der Waals surface area contributed by atoms with Crippen molar-refractivity contribution in [1.29, 1.82) is 0 Å². The lowest BCUT2D eigenvalue weighted by atomic mass is 10.1. The molecule has 0 saturated carbocycles. The Morgan fingerprint density at radius 3 is 2.40 bits per heavy atom. The van der Waals surface area contributed by atoms with Crippen molar-refractivity contribution in [2.45, 2.75) is 19.3 Å². The Morgan fingerprint density at radius 2 is 1.72 bits per heavy atom. The molecule has 1 aromatic heterocycles. The number of furan rings is 1. The number of piperazine rings is 1. The van der Waals surface area contributed by atoms with Gasteiger partial charge in [0.1, 0.15) is 0 Å². The Balaban J connectivity index is 1.42. The van der Waals surface area contributed by atoms with E-state index in [0.717, 1.165) is 23.4 Å². The number of carbonyl (C=O) groups is 2. The van der Waals surface area contributed by atoms with Crippen LogP contribution in [-0.4, -0.2) is 47.8 Å². The van der Waals surface area contributed by atoms with E-state index in [2.05, 4.69) is 0 Å². The first-order valence-electron chi connectivity index (χ1n) is 8.49. The van der Waals surface area contributed by atoms with Gasteiger partial charge in [-0.25, -0.2) is 0 Å². The summed E-state index contributed by atoms with van der Waals surface area (Å²) in [5.41, 5.74) is 1.07. The van der Waals surface area contributed by atoms with Crippen LogP contribution in [0.25, 0.3) is 0 Å². The van der Waals surface area contributed by atoms with E-state index in [1.165, 1.54) is 6.26 Å². The number of halogens is 1. The highest BCUT2D eigenvalue weighted by molar-refractivity contribution is 6.31. The van der Waals surface area contributed by atoms with E-state index in [1.54, 1.807) is 17.0 Å². The van der Waals surface area contributed by atoms with Crippen LogP contribution < -0.4 is 0 Å². The molecule has 0 bridgehead atoms. The van der Waals surface area contributed by atoms with E-state index >= 15 is 0 Å². The van der Waals surface area contributed by atoms with Crippen molar-refractivity contribution in [3.05, 3.63) is 59.0 Å². The van der Waals surface area contributed by atoms with Gasteiger partial charge in [0.2, 0.25) is 5.91 Å². The summed E-state index contributed by atoms with van der Waals surface area (Å²) in [6.45, 7) is 2.21. The Kier molecular flexibility index (Phi) is 5.76. The van der Waals surface area contributed by atoms with E-state index in [0.29, 0.717) is 38.4 Å². The fraction of sp³-hybridized carbons (Fsp3) is 0.368. The minimum absolute atomic E-state index is 0.115. The maximum Gasteiger partial charge on any atom is 0.289 e. The predicted octanol–water partition coefficient (Wildman–Crippen LogP) is 3.24. The molecular formula is C19H21ClN2O3. The van der Waals surface area contributed by atoms with Gasteiger partial charge in [0.25, 0.3) is 5.91 Å². The summed E-state index contributed by atoms with van der Waals surface area (Å²) >= 11 is 6.14. The van der Waals surface area contributed by atoms with Crippen LogP contribution in [0.3, 0.4) is 0 Å². The molecule has 0 radical (unpaired) electrons. The van der Waals surface area contributed by atoms with Gasteiger partial charge in [-0.15, -0.1) is 0 Å². The number of amides is 2. The fourth-order valence-corrected chi connectivity index (χ4v) is 3.23. The molecular weight excluding hydrogens is 340 g/mol. The standard InChI is InChI=1S/C19H21ClN2O3/c20-16-7-2-1-5-15(16)6-3-9-18(23)21-10-12-22(13-11-21)19(24)17-8-4-14-25-17/h1-2,4-5,7-8,14H,3,6,9-13H2. The zero-order chi connectivity index (χ0) is 17.6. The fourth-order valence-electron chi connectivity index (χ4n) is 3.00. The van der Waals surface area contributed by atoms with E-state index < -0.39 is 0 Å². The lowest BCUT2D eigenvalue weighted by Crippen LogP contribution is -2.50. The highest BCUT2D eigenvalue weighted by Crippen LogP contribution is 2.18. The Bertz CT molecular complexity index is 722. The number of carbonyl (C=O) groups excluding carboxylic acids is 2. The average molecular weight is 361 g/mol. The summed E-state index contributed by atoms with van der Waals surface area (Å²) in [5.74, 6) is 0.368. The smallest absolute Gasteiger partial charge is 0.289 e. The topological polar surface area (TPSA) is 53.8 Å². The highest BCUT2D eigenvalue weighted by atomic mass is 35.5. The number of hydrogen-bond acceptors (Lipinski definition) is 3. The van der Waals surface area contributed by atoms with Crippen LogP contribution in [0.4, 0.5) is 0 Å². The minimum atomic E-state index is -0.115. The average Bonchev–Trinajstić information content (AvgIpc) is 3.17. The third-order valence-corrected chi connectivity index (χ3v) is 4.81. The Hall–Kier alpha value is -2.27. The van der Waals surface area contributed by atoms with Crippen molar-refractivity contribution < 1.29 is 14.0 Å². The molecule has 0 spiro atoms. The van der Waals surface area contributed by atoms with Crippen LogP contribution in [0.15, 0.2) is 47.1 Å². The molecule has 3 rings (SSSR count). The molecule has 6 heteroatoms. The van der Waals surface area contributed by atoms with Gasteiger partial charge in [-0.3, -0.25) is 9.59 Å². The first-order chi connectivity index (χ1) is 12.1. The molecule has 0 atom stereocenters. The van der Waals surface area contributed by atoms with Gasteiger partial charge in [-0.05, 0) is 36.6 Å². The van der Waals surface area contributed by atoms with Crippen LogP contribution in [-0.2, 0) is 11.2 Å². The molecule has 2 heterocycles. The number of aryl methyl sites for hydroxylation is 1.